The van der Waals surface area contributed by atoms with Crippen LogP contribution in [0.4, 0.5) is 0 Å². The number of aromatic nitrogens is 2. The van der Waals surface area contributed by atoms with E-state index in [1.807, 2.05) is 30.3 Å². The zero-order valence-corrected chi connectivity index (χ0v) is 12.2. The van der Waals surface area contributed by atoms with Gasteiger partial charge in [0.1, 0.15) is 6.61 Å². The van der Waals surface area contributed by atoms with E-state index in [1.165, 1.54) is 0 Å². The highest BCUT2D eigenvalue weighted by atomic mass is 16.5. The minimum Gasteiger partial charge on any atom is -0.387 e. The topological polar surface area (TPSA) is 82.7 Å². The first-order valence-electron chi connectivity index (χ1n) is 7.25. The van der Waals surface area contributed by atoms with Crippen molar-refractivity contribution in [3.63, 3.8) is 0 Å². The van der Waals surface area contributed by atoms with Gasteiger partial charge in [-0.15, -0.1) is 0 Å². The number of amides is 1. The first-order chi connectivity index (χ1) is 10.8. The molecule has 1 aliphatic heterocycles. The van der Waals surface area contributed by atoms with Gasteiger partial charge in [0.2, 0.25) is 17.6 Å². The molecule has 0 unspecified atom stereocenters. The van der Waals surface area contributed by atoms with E-state index in [2.05, 4.69) is 15.0 Å². The van der Waals surface area contributed by atoms with E-state index in [4.69, 9.17) is 9.63 Å². The van der Waals surface area contributed by atoms with E-state index < -0.39 is 6.61 Å². The number of piperazine rings is 1. The summed E-state index contributed by atoms with van der Waals surface area (Å²) in [5.74, 6) is 0.939. The molecule has 0 atom stereocenters. The summed E-state index contributed by atoms with van der Waals surface area (Å²) >= 11 is 0. The number of carbonyl (C=O) groups is 1. The molecule has 22 heavy (non-hydrogen) atoms. The Morgan fingerprint density at radius 2 is 1.91 bits per heavy atom. The summed E-state index contributed by atoms with van der Waals surface area (Å²) in [5, 5.41) is 12.9. The third-order valence-corrected chi connectivity index (χ3v) is 3.72. The van der Waals surface area contributed by atoms with Crippen LogP contribution in [0.1, 0.15) is 5.89 Å². The van der Waals surface area contributed by atoms with Crippen LogP contribution >= 0.6 is 0 Å². The van der Waals surface area contributed by atoms with Gasteiger partial charge in [-0.3, -0.25) is 9.69 Å². The van der Waals surface area contributed by atoms with E-state index in [9.17, 15) is 4.79 Å². The molecule has 1 aliphatic rings. The van der Waals surface area contributed by atoms with Gasteiger partial charge in [0, 0.05) is 31.7 Å². The lowest BCUT2D eigenvalue weighted by Crippen LogP contribution is -2.49. The molecule has 7 heteroatoms. The number of hydrogen-bond acceptors (Lipinski definition) is 6. The molecule has 1 saturated heterocycles. The van der Waals surface area contributed by atoms with Crippen LogP contribution in [0.3, 0.4) is 0 Å². The Balaban J connectivity index is 1.57. The predicted molar refractivity (Wildman–Crippen MR) is 78.7 cm³/mol. The lowest BCUT2D eigenvalue weighted by atomic mass is 10.2. The Hall–Kier alpha value is -2.25. The Bertz CT molecular complexity index is 621. The van der Waals surface area contributed by atoms with Crippen LogP contribution < -0.4 is 0 Å². The van der Waals surface area contributed by atoms with E-state index in [0.29, 0.717) is 31.3 Å². The molecule has 2 heterocycles. The van der Waals surface area contributed by atoms with Gasteiger partial charge in [-0.2, -0.15) is 4.98 Å². The van der Waals surface area contributed by atoms with E-state index >= 15 is 0 Å². The van der Waals surface area contributed by atoms with Gasteiger partial charge in [-0.1, -0.05) is 35.5 Å². The maximum Gasteiger partial charge on any atom is 0.248 e. The summed E-state index contributed by atoms with van der Waals surface area (Å²) in [6.45, 7) is 2.83. The van der Waals surface area contributed by atoms with Crippen molar-refractivity contribution in [3.05, 3.63) is 36.2 Å². The summed E-state index contributed by atoms with van der Waals surface area (Å²) in [6.07, 6.45) is 0. The van der Waals surface area contributed by atoms with Crippen LogP contribution in [0.25, 0.3) is 11.4 Å². The smallest absolute Gasteiger partial charge is 0.248 e. The van der Waals surface area contributed by atoms with Gasteiger partial charge in [0.15, 0.2) is 0 Å². The van der Waals surface area contributed by atoms with Crippen molar-refractivity contribution in [1.82, 2.24) is 19.9 Å². The largest absolute Gasteiger partial charge is 0.387 e. The maximum absolute atomic E-state index is 11.4. The van der Waals surface area contributed by atoms with Crippen LogP contribution in [0, 0.1) is 0 Å². The highest BCUT2D eigenvalue weighted by molar-refractivity contribution is 5.77. The lowest BCUT2D eigenvalue weighted by molar-refractivity contribution is -0.136. The molecule has 3 rings (SSSR count). The molecule has 116 valence electrons. The summed E-state index contributed by atoms with van der Waals surface area (Å²) < 4.78 is 5.29. The lowest BCUT2D eigenvalue weighted by Gasteiger charge is -2.33. The van der Waals surface area contributed by atoms with Crippen molar-refractivity contribution in [2.75, 3.05) is 32.8 Å². The second kappa shape index (κ2) is 6.67. The Labute approximate surface area is 128 Å². The van der Waals surface area contributed by atoms with Gasteiger partial charge in [-0.05, 0) is 0 Å². The fraction of sp³-hybridized carbons (Fsp3) is 0.400. The fourth-order valence-electron chi connectivity index (χ4n) is 2.47. The van der Waals surface area contributed by atoms with Crippen LogP contribution in [0.15, 0.2) is 34.9 Å². The molecule has 1 N–H and O–H groups in total. The van der Waals surface area contributed by atoms with Gasteiger partial charge < -0.3 is 14.5 Å². The molecular formula is C15H18N4O3. The van der Waals surface area contributed by atoms with Gasteiger partial charge >= 0.3 is 0 Å². The third kappa shape index (κ3) is 3.32. The Morgan fingerprint density at radius 1 is 1.18 bits per heavy atom. The molecule has 1 amide bonds. The molecule has 7 nitrogen and oxygen atoms in total. The molecule has 1 aromatic carbocycles. The summed E-state index contributed by atoms with van der Waals surface area (Å²) in [4.78, 5) is 19.6. The predicted octanol–water partition coefficient (Wildman–Crippen LogP) is 0.373. The summed E-state index contributed by atoms with van der Waals surface area (Å²) in [7, 11) is 0. The molecule has 1 aromatic heterocycles. The number of aliphatic hydroxyl groups is 1. The van der Waals surface area contributed by atoms with Crippen molar-refractivity contribution >= 4 is 5.91 Å². The van der Waals surface area contributed by atoms with Gasteiger partial charge in [-0.25, -0.2) is 0 Å². The van der Waals surface area contributed by atoms with Crippen molar-refractivity contribution in [1.29, 1.82) is 0 Å². The second-order valence-electron chi connectivity index (χ2n) is 5.19. The summed E-state index contributed by atoms with van der Waals surface area (Å²) in [6, 6.07) is 9.69. The molecule has 0 bridgehead atoms. The zero-order chi connectivity index (χ0) is 15.4. The Kier molecular flexibility index (Phi) is 4.45. The number of carbonyl (C=O) groups excluding carboxylic acids is 1. The molecular weight excluding hydrogens is 284 g/mol. The van der Waals surface area contributed by atoms with Crippen molar-refractivity contribution < 1.29 is 14.4 Å². The van der Waals surface area contributed by atoms with Crippen LogP contribution in [0.2, 0.25) is 0 Å². The first-order valence-corrected chi connectivity index (χ1v) is 7.25. The first kappa shape index (κ1) is 14.7. The number of hydrogen-bond donors (Lipinski definition) is 1. The summed E-state index contributed by atoms with van der Waals surface area (Å²) in [5.41, 5.74) is 0.927. The highest BCUT2D eigenvalue weighted by Crippen LogP contribution is 2.16. The van der Waals surface area contributed by atoms with Crippen molar-refractivity contribution in [2.24, 2.45) is 0 Å². The molecule has 0 radical (unpaired) electrons. The third-order valence-electron chi connectivity index (χ3n) is 3.72. The van der Waals surface area contributed by atoms with Crippen molar-refractivity contribution in [3.8, 4) is 11.4 Å². The van der Waals surface area contributed by atoms with Gasteiger partial charge in [0.25, 0.3) is 0 Å². The highest BCUT2D eigenvalue weighted by Gasteiger charge is 2.22. The molecule has 0 spiro atoms. The van der Waals surface area contributed by atoms with E-state index in [0.717, 1.165) is 18.7 Å². The number of benzene rings is 1. The monoisotopic (exact) mass is 302 g/mol. The number of aliphatic hydroxyl groups excluding tert-OH is 1. The minimum atomic E-state index is -0.426. The van der Waals surface area contributed by atoms with E-state index in [-0.39, 0.29) is 5.91 Å². The fourth-order valence-corrected chi connectivity index (χ4v) is 2.47. The Morgan fingerprint density at radius 3 is 2.59 bits per heavy atom. The van der Waals surface area contributed by atoms with Crippen LogP contribution in [-0.2, 0) is 11.3 Å². The molecule has 2 aromatic rings. The molecule has 0 aliphatic carbocycles. The van der Waals surface area contributed by atoms with Crippen LogP contribution in [0.5, 0.6) is 0 Å². The second-order valence-corrected chi connectivity index (χ2v) is 5.19. The maximum atomic E-state index is 11.4. The normalized spacial score (nSPS) is 16.0. The average Bonchev–Trinajstić information content (AvgIpc) is 3.04. The van der Waals surface area contributed by atoms with Crippen molar-refractivity contribution in [2.45, 2.75) is 6.54 Å². The SMILES string of the molecule is O=C(CO)N1CCN(Cc2nc(-c3ccccc3)no2)CC1. The van der Waals surface area contributed by atoms with Gasteiger partial charge in [0.05, 0.1) is 6.54 Å². The van der Waals surface area contributed by atoms with E-state index in [1.54, 1.807) is 4.90 Å². The zero-order valence-electron chi connectivity index (χ0n) is 12.2. The minimum absolute atomic E-state index is 0.219. The standard InChI is InChI=1S/C15H18N4O3/c20-11-14(21)19-8-6-18(7-9-19)10-13-16-15(17-22-13)12-4-2-1-3-5-12/h1-5,20H,6-11H2. The number of rotatable bonds is 4. The number of nitrogens with zero attached hydrogens (tertiary/aromatic N) is 4. The molecule has 1 fully saturated rings. The average molecular weight is 302 g/mol. The quantitative estimate of drug-likeness (QED) is 0.879. The van der Waals surface area contributed by atoms with Crippen LogP contribution in [-0.4, -0.2) is 63.7 Å². The molecule has 0 saturated carbocycles.